The van der Waals surface area contributed by atoms with Crippen LogP contribution in [-0.2, 0) is 6.42 Å². The van der Waals surface area contributed by atoms with E-state index < -0.39 is 0 Å². The molecule has 0 aliphatic carbocycles. The number of hydrogen-bond acceptors (Lipinski definition) is 1. The lowest BCUT2D eigenvalue weighted by molar-refractivity contribution is 1.30. The van der Waals surface area contributed by atoms with E-state index in [1.165, 1.54) is 10.4 Å². The maximum Gasteiger partial charge on any atom is 0.00171 e. The third-order valence-corrected chi connectivity index (χ3v) is 2.08. The smallest absolute Gasteiger partial charge is 0.00171 e. The molecule has 0 saturated heterocycles. The summed E-state index contributed by atoms with van der Waals surface area (Å²) >= 11 is 1.80. The average molecular weight is 138 g/mol. The summed E-state index contributed by atoms with van der Waals surface area (Å²) in [5.74, 6) is 0. The van der Waals surface area contributed by atoms with Crippen molar-refractivity contribution in [3.63, 3.8) is 0 Å². The quantitative estimate of drug-likeness (QED) is 0.551. The maximum atomic E-state index is 3.67. The fraction of sp³-hybridized carbons (Fsp3) is 0.250. The van der Waals surface area contributed by atoms with Crippen molar-refractivity contribution in [3.05, 3.63) is 34.5 Å². The molecule has 1 heterocycles. The van der Waals surface area contributed by atoms with Crippen LogP contribution < -0.4 is 0 Å². The Kier molecular flexibility index (Phi) is 2.06. The van der Waals surface area contributed by atoms with Gasteiger partial charge in [0.2, 0.25) is 0 Å². The summed E-state index contributed by atoms with van der Waals surface area (Å²) in [6, 6.07) is 2.20. The molecule has 0 atom stereocenters. The molecule has 0 fully saturated rings. The Balaban J connectivity index is 2.72. The van der Waals surface area contributed by atoms with Gasteiger partial charge in [0.05, 0.1) is 0 Å². The Hall–Kier alpha value is -0.560. The van der Waals surface area contributed by atoms with Crippen molar-refractivity contribution >= 4 is 11.3 Å². The molecule has 1 heteroatoms. The second-order valence-corrected chi connectivity index (χ2v) is 3.17. The van der Waals surface area contributed by atoms with Gasteiger partial charge in [-0.3, -0.25) is 0 Å². The molecule has 0 saturated carbocycles. The predicted molar refractivity (Wildman–Crippen MR) is 43.0 cm³/mol. The van der Waals surface area contributed by atoms with Crippen molar-refractivity contribution < 1.29 is 0 Å². The molecule has 48 valence electrons. The Morgan fingerprint density at radius 1 is 1.78 bits per heavy atom. The van der Waals surface area contributed by atoms with Crippen molar-refractivity contribution in [1.29, 1.82) is 0 Å². The van der Waals surface area contributed by atoms with Crippen molar-refractivity contribution in [2.75, 3.05) is 0 Å². The summed E-state index contributed by atoms with van der Waals surface area (Å²) in [6.45, 7) is 5.79. The predicted octanol–water partition coefficient (Wildman–Crippen LogP) is 2.79. The zero-order valence-corrected chi connectivity index (χ0v) is 6.37. The Morgan fingerprint density at radius 3 is 3.00 bits per heavy atom. The molecule has 1 rings (SSSR count). The molecule has 0 spiro atoms. The van der Waals surface area contributed by atoms with Crippen LogP contribution in [-0.4, -0.2) is 0 Å². The van der Waals surface area contributed by atoms with Crippen molar-refractivity contribution in [3.8, 4) is 0 Å². The molecule has 1 aromatic rings. The summed E-state index contributed by atoms with van der Waals surface area (Å²) in [7, 11) is 0. The van der Waals surface area contributed by atoms with Gasteiger partial charge in [0.15, 0.2) is 0 Å². The molecule has 0 nitrogen and oxygen atoms in total. The number of thiophene rings is 1. The number of rotatable bonds is 2. The van der Waals surface area contributed by atoms with Gasteiger partial charge in [-0.05, 0) is 30.4 Å². The van der Waals surface area contributed by atoms with Gasteiger partial charge >= 0.3 is 0 Å². The highest BCUT2D eigenvalue weighted by atomic mass is 32.1. The summed E-state index contributed by atoms with van der Waals surface area (Å²) in [5.41, 5.74) is 1.38. The SMILES string of the molecule is C=CCc1csc(C)c1. The molecule has 0 amide bonds. The van der Waals surface area contributed by atoms with Gasteiger partial charge in [-0.1, -0.05) is 6.08 Å². The summed E-state index contributed by atoms with van der Waals surface area (Å²) < 4.78 is 0. The van der Waals surface area contributed by atoms with E-state index >= 15 is 0 Å². The van der Waals surface area contributed by atoms with Crippen molar-refractivity contribution in [2.24, 2.45) is 0 Å². The lowest BCUT2D eigenvalue weighted by Crippen LogP contribution is -1.70. The molecule has 0 aliphatic heterocycles. The normalized spacial score (nSPS) is 9.44. The maximum absolute atomic E-state index is 3.67. The molecule has 0 aromatic carbocycles. The van der Waals surface area contributed by atoms with E-state index in [9.17, 15) is 0 Å². The number of aryl methyl sites for hydroxylation is 1. The van der Waals surface area contributed by atoms with Gasteiger partial charge in [-0.15, -0.1) is 17.9 Å². The molecule has 0 radical (unpaired) electrons. The van der Waals surface area contributed by atoms with Crippen LogP contribution in [0.2, 0.25) is 0 Å². The van der Waals surface area contributed by atoms with Crippen molar-refractivity contribution in [2.45, 2.75) is 13.3 Å². The zero-order chi connectivity index (χ0) is 6.69. The van der Waals surface area contributed by atoms with Crippen LogP contribution in [0.25, 0.3) is 0 Å². The lowest BCUT2D eigenvalue weighted by atomic mass is 10.2. The molecular formula is C8H10S. The first-order chi connectivity index (χ1) is 4.33. The third kappa shape index (κ3) is 1.68. The van der Waals surface area contributed by atoms with Crippen LogP contribution >= 0.6 is 11.3 Å². The second kappa shape index (κ2) is 2.83. The minimum atomic E-state index is 1.00. The molecule has 0 unspecified atom stereocenters. The fourth-order valence-corrected chi connectivity index (χ4v) is 1.49. The first kappa shape index (κ1) is 6.56. The van der Waals surface area contributed by atoms with E-state index in [2.05, 4.69) is 24.9 Å². The minimum Gasteiger partial charge on any atom is -0.149 e. The topological polar surface area (TPSA) is 0 Å². The van der Waals surface area contributed by atoms with Crippen LogP contribution in [0.3, 0.4) is 0 Å². The highest BCUT2D eigenvalue weighted by Gasteiger charge is 1.90. The summed E-state index contributed by atoms with van der Waals surface area (Å²) in [5, 5.41) is 2.18. The summed E-state index contributed by atoms with van der Waals surface area (Å²) in [6.07, 6.45) is 2.94. The van der Waals surface area contributed by atoms with Gasteiger partial charge in [-0.25, -0.2) is 0 Å². The van der Waals surface area contributed by atoms with Crippen LogP contribution in [0, 0.1) is 6.92 Å². The van der Waals surface area contributed by atoms with E-state index in [0.717, 1.165) is 6.42 Å². The second-order valence-electron chi connectivity index (χ2n) is 2.06. The molecule has 0 bridgehead atoms. The van der Waals surface area contributed by atoms with E-state index in [0.29, 0.717) is 0 Å². The van der Waals surface area contributed by atoms with E-state index in [-0.39, 0.29) is 0 Å². The number of allylic oxidation sites excluding steroid dienone is 1. The lowest BCUT2D eigenvalue weighted by Gasteiger charge is -1.82. The van der Waals surface area contributed by atoms with Gasteiger partial charge in [0.25, 0.3) is 0 Å². The average Bonchev–Trinajstić information content (AvgIpc) is 2.17. The molecular weight excluding hydrogens is 128 g/mol. The molecule has 1 aromatic heterocycles. The number of hydrogen-bond donors (Lipinski definition) is 0. The zero-order valence-electron chi connectivity index (χ0n) is 5.55. The van der Waals surface area contributed by atoms with Gasteiger partial charge in [0.1, 0.15) is 0 Å². The third-order valence-electron chi connectivity index (χ3n) is 1.16. The van der Waals surface area contributed by atoms with Gasteiger partial charge < -0.3 is 0 Å². The first-order valence-electron chi connectivity index (χ1n) is 2.98. The van der Waals surface area contributed by atoms with Crippen LogP contribution in [0.5, 0.6) is 0 Å². The monoisotopic (exact) mass is 138 g/mol. The van der Waals surface area contributed by atoms with Gasteiger partial charge in [-0.2, -0.15) is 0 Å². The van der Waals surface area contributed by atoms with E-state index in [1.807, 2.05) is 6.08 Å². The fourth-order valence-electron chi connectivity index (χ4n) is 0.771. The van der Waals surface area contributed by atoms with Crippen LogP contribution in [0.4, 0.5) is 0 Å². The Bertz CT molecular complexity index is 198. The highest BCUT2D eigenvalue weighted by Crippen LogP contribution is 2.13. The molecule has 9 heavy (non-hydrogen) atoms. The Labute approximate surface area is 59.8 Å². The van der Waals surface area contributed by atoms with Gasteiger partial charge in [0, 0.05) is 4.88 Å². The van der Waals surface area contributed by atoms with Crippen LogP contribution in [0.1, 0.15) is 10.4 Å². The van der Waals surface area contributed by atoms with Crippen molar-refractivity contribution in [1.82, 2.24) is 0 Å². The minimum absolute atomic E-state index is 1.00. The Morgan fingerprint density at radius 2 is 2.56 bits per heavy atom. The standard InChI is InChI=1S/C8H10S/c1-3-4-8-5-7(2)9-6-8/h3,5-6H,1,4H2,2H3. The van der Waals surface area contributed by atoms with E-state index in [4.69, 9.17) is 0 Å². The first-order valence-corrected chi connectivity index (χ1v) is 3.86. The molecule has 0 aliphatic rings. The highest BCUT2D eigenvalue weighted by molar-refractivity contribution is 7.10. The van der Waals surface area contributed by atoms with E-state index in [1.54, 1.807) is 11.3 Å². The largest absolute Gasteiger partial charge is 0.149 e. The summed E-state index contributed by atoms with van der Waals surface area (Å²) in [4.78, 5) is 1.38. The van der Waals surface area contributed by atoms with Crippen LogP contribution in [0.15, 0.2) is 24.1 Å². The molecule has 0 N–H and O–H groups in total.